The van der Waals surface area contributed by atoms with Gasteiger partial charge in [-0.1, -0.05) is 30.7 Å². The lowest BCUT2D eigenvalue weighted by atomic mass is 9.84. The molecule has 3 rings (SSSR count). The third kappa shape index (κ3) is 3.46. The van der Waals surface area contributed by atoms with E-state index in [0.717, 1.165) is 31.8 Å². The van der Waals surface area contributed by atoms with Crippen molar-refractivity contribution in [2.24, 2.45) is 5.92 Å². The minimum Gasteiger partial charge on any atom is -0.335 e. The van der Waals surface area contributed by atoms with Gasteiger partial charge in [0.1, 0.15) is 5.82 Å². The number of hydrogen-bond donors (Lipinski definition) is 0. The summed E-state index contributed by atoms with van der Waals surface area (Å²) >= 11 is 0. The van der Waals surface area contributed by atoms with Gasteiger partial charge in [-0.3, -0.25) is 4.79 Å². The summed E-state index contributed by atoms with van der Waals surface area (Å²) in [7, 11) is 0. The summed E-state index contributed by atoms with van der Waals surface area (Å²) in [4.78, 5) is 18.9. The molecule has 1 saturated carbocycles. The Morgan fingerprint density at radius 2 is 2.13 bits per heavy atom. The molecule has 1 aliphatic rings. The average molecular weight is 311 g/mol. The topological polar surface area (TPSA) is 38.1 Å². The van der Waals surface area contributed by atoms with Gasteiger partial charge in [0.15, 0.2) is 0 Å². The average Bonchev–Trinajstić information content (AvgIpc) is 2.92. The second-order valence-electron chi connectivity index (χ2n) is 6.38. The van der Waals surface area contributed by atoms with Crippen LogP contribution in [0.15, 0.2) is 36.7 Å². The molecule has 1 aliphatic carbocycles. The van der Waals surface area contributed by atoms with Crippen LogP contribution in [0.5, 0.6) is 0 Å². The standard InChI is InChI=1S/C19H25N3O/c1-3-21(19(23)16-9-6-10-16)14-18-20-11-12-22(18)13-17-8-5-4-7-15(17)2/h4-5,7-8,11-12,16H,3,6,9-10,13-14H2,1-2H3. The third-order valence-electron chi connectivity index (χ3n) is 4.88. The SMILES string of the molecule is CCN(Cc1nccn1Cc1ccccc1C)C(=O)C1CCC1. The van der Waals surface area contributed by atoms with Crippen molar-refractivity contribution in [2.45, 2.75) is 46.2 Å². The first-order valence-electron chi connectivity index (χ1n) is 8.52. The van der Waals surface area contributed by atoms with E-state index in [2.05, 4.69) is 40.7 Å². The summed E-state index contributed by atoms with van der Waals surface area (Å²) in [5, 5.41) is 0. The summed E-state index contributed by atoms with van der Waals surface area (Å²) in [5.74, 6) is 1.50. The van der Waals surface area contributed by atoms with Gasteiger partial charge in [0, 0.05) is 31.4 Å². The molecule has 1 amide bonds. The van der Waals surface area contributed by atoms with Crippen molar-refractivity contribution < 1.29 is 4.79 Å². The summed E-state index contributed by atoms with van der Waals surface area (Å²) in [6, 6.07) is 8.40. The largest absolute Gasteiger partial charge is 0.335 e. The van der Waals surface area contributed by atoms with Gasteiger partial charge in [0.05, 0.1) is 6.54 Å². The van der Waals surface area contributed by atoms with Crippen LogP contribution >= 0.6 is 0 Å². The van der Waals surface area contributed by atoms with E-state index < -0.39 is 0 Å². The zero-order valence-electron chi connectivity index (χ0n) is 14.0. The molecule has 1 aromatic heterocycles. The van der Waals surface area contributed by atoms with Crippen LogP contribution in [0.3, 0.4) is 0 Å². The fraction of sp³-hybridized carbons (Fsp3) is 0.474. The molecule has 0 spiro atoms. The zero-order valence-corrected chi connectivity index (χ0v) is 14.0. The first-order chi connectivity index (χ1) is 11.2. The van der Waals surface area contributed by atoms with E-state index in [1.165, 1.54) is 17.5 Å². The number of imidazole rings is 1. The van der Waals surface area contributed by atoms with Crippen molar-refractivity contribution in [3.63, 3.8) is 0 Å². The Labute approximate surface area is 138 Å². The van der Waals surface area contributed by atoms with Gasteiger partial charge >= 0.3 is 0 Å². The van der Waals surface area contributed by atoms with Crippen LogP contribution < -0.4 is 0 Å². The molecule has 0 saturated heterocycles. The first-order valence-corrected chi connectivity index (χ1v) is 8.52. The van der Waals surface area contributed by atoms with E-state index in [9.17, 15) is 4.79 Å². The number of amides is 1. The highest BCUT2D eigenvalue weighted by molar-refractivity contribution is 5.79. The van der Waals surface area contributed by atoms with Gasteiger partial charge in [0.25, 0.3) is 0 Å². The molecule has 1 fully saturated rings. The fourth-order valence-corrected chi connectivity index (χ4v) is 3.04. The van der Waals surface area contributed by atoms with Crippen LogP contribution in [0.25, 0.3) is 0 Å². The van der Waals surface area contributed by atoms with Crippen LogP contribution in [0.1, 0.15) is 43.1 Å². The highest BCUT2D eigenvalue weighted by atomic mass is 16.2. The zero-order chi connectivity index (χ0) is 16.2. The van der Waals surface area contributed by atoms with Crippen LogP contribution in [0.2, 0.25) is 0 Å². The Bertz CT molecular complexity index is 673. The van der Waals surface area contributed by atoms with Crippen molar-refractivity contribution in [2.75, 3.05) is 6.54 Å². The van der Waals surface area contributed by atoms with Crippen molar-refractivity contribution in [1.29, 1.82) is 0 Å². The third-order valence-corrected chi connectivity index (χ3v) is 4.88. The van der Waals surface area contributed by atoms with Gasteiger partial charge in [-0.2, -0.15) is 0 Å². The summed E-state index contributed by atoms with van der Waals surface area (Å²) in [5.41, 5.74) is 2.57. The van der Waals surface area contributed by atoms with Gasteiger partial charge in [0.2, 0.25) is 5.91 Å². The minimum absolute atomic E-state index is 0.245. The number of nitrogens with zero attached hydrogens (tertiary/aromatic N) is 3. The van der Waals surface area contributed by atoms with Crippen molar-refractivity contribution in [3.8, 4) is 0 Å². The predicted octanol–water partition coefficient (Wildman–Crippen LogP) is 3.39. The minimum atomic E-state index is 0.245. The molecule has 0 N–H and O–H groups in total. The number of hydrogen-bond acceptors (Lipinski definition) is 2. The van der Waals surface area contributed by atoms with E-state index in [4.69, 9.17) is 0 Å². The Kier molecular flexibility index (Phi) is 4.79. The normalized spacial score (nSPS) is 14.5. The molecule has 23 heavy (non-hydrogen) atoms. The van der Waals surface area contributed by atoms with E-state index in [0.29, 0.717) is 12.5 Å². The quantitative estimate of drug-likeness (QED) is 0.820. The lowest BCUT2D eigenvalue weighted by Crippen LogP contribution is -2.38. The Hall–Kier alpha value is -2.10. The fourth-order valence-electron chi connectivity index (χ4n) is 3.04. The van der Waals surface area contributed by atoms with Crippen LogP contribution in [0.4, 0.5) is 0 Å². The number of carbonyl (C=O) groups excluding carboxylic acids is 1. The number of benzene rings is 1. The van der Waals surface area contributed by atoms with Crippen LogP contribution in [-0.4, -0.2) is 26.9 Å². The number of aromatic nitrogens is 2. The summed E-state index contributed by atoms with van der Waals surface area (Å²) < 4.78 is 2.15. The number of rotatable bonds is 6. The van der Waals surface area contributed by atoms with Crippen LogP contribution in [-0.2, 0) is 17.9 Å². The smallest absolute Gasteiger partial charge is 0.226 e. The van der Waals surface area contributed by atoms with E-state index in [1.54, 1.807) is 0 Å². The number of aryl methyl sites for hydroxylation is 1. The molecular weight excluding hydrogens is 286 g/mol. The molecule has 0 radical (unpaired) electrons. The molecule has 1 heterocycles. The molecule has 1 aromatic carbocycles. The Balaban J connectivity index is 1.72. The lowest BCUT2D eigenvalue weighted by molar-refractivity contribution is -0.138. The second kappa shape index (κ2) is 6.99. The maximum absolute atomic E-state index is 12.5. The molecule has 0 unspecified atom stereocenters. The molecule has 122 valence electrons. The summed E-state index contributed by atoms with van der Waals surface area (Å²) in [6.07, 6.45) is 7.12. The molecule has 4 heteroatoms. The molecule has 0 aliphatic heterocycles. The molecule has 0 bridgehead atoms. The summed E-state index contributed by atoms with van der Waals surface area (Å²) in [6.45, 7) is 6.32. The van der Waals surface area contributed by atoms with E-state index >= 15 is 0 Å². The van der Waals surface area contributed by atoms with Crippen molar-refractivity contribution in [1.82, 2.24) is 14.5 Å². The molecule has 4 nitrogen and oxygen atoms in total. The van der Waals surface area contributed by atoms with E-state index in [1.807, 2.05) is 24.2 Å². The molecule has 2 aromatic rings. The first kappa shape index (κ1) is 15.8. The van der Waals surface area contributed by atoms with Crippen molar-refractivity contribution in [3.05, 3.63) is 53.6 Å². The Morgan fingerprint density at radius 1 is 1.35 bits per heavy atom. The lowest BCUT2D eigenvalue weighted by Gasteiger charge is -2.31. The molecule has 0 atom stereocenters. The number of carbonyl (C=O) groups is 1. The molecular formula is C19H25N3O. The van der Waals surface area contributed by atoms with E-state index in [-0.39, 0.29) is 5.92 Å². The maximum Gasteiger partial charge on any atom is 0.226 e. The Morgan fingerprint density at radius 3 is 2.78 bits per heavy atom. The van der Waals surface area contributed by atoms with Gasteiger partial charge < -0.3 is 9.47 Å². The highest BCUT2D eigenvalue weighted by Crippen LogP contribution is 2.28. The van der Waals surface area contributed by atoms with Gasteiger partial charge in [-0.05, 0) is 37.8 Å². The second-order valence-corrected chi connectivity index (χ2v) is 6.38. The van der Waals surface area contributed by atoms with Crippen molar-refractivity contribution >= 4 is 5.91 Å². The van der Waals surface area contributed by atoms with Gasteiger partial charge in [-0.15, -0.1) is 0 Å². The predicted molar refractivity (Wildman–Crippen MR) is 90.9 cm³/mol. The monoisotopic (exact) mass is 311 g/mol. The highest BCUT2D eigenvalue weighted by Gasteiger charge is 2.29. The van der Waals surface area contributed by atoms with Gasteiger partial charge in [-0.25, -0.2) is 4.98 Å². The maximum atomic E-state index is 12.5. The van der Waals surface area contributed by atoms with Crippen LogP contribution in [0, 0.1) is 12.8 Å².